The molecule has 0 aliphatic heterocycles. The number of ether oxygens (including phenoxy) is 2. The number of benzene rings is 2. The second-order valence-electron chi connectivity index (χ2n) is 6.03. The molecule has 0 unspecified atom stereocenters. The van der Waals surface area contributed by atoms with Gasteiger partial charge in [0, 0.05) is 10.2 Å². The lowest BCUT2D eigenvalue weighted by molar-refractivity contribution is -0.149. The van der Waals surface area contributed by atoms with Crippen molar-refractivity contribution < 1.29 is 19.1 Å². The van der Waals surface area contributed by atoms with E-state index in [1.54, 1.807) is 56.3 Å². The van der Waals surface area contributed by atoms with E-state index in [9.17, 15) is 14.9 Å². The van der Waals surface area contributed by atoms with Gasteiger partial charge < -0.3 is 14.8 Å². The molecule has 0 radical (unpaired) electrons. The molecule has 0 aliphatic rings. The molecule has 6 nitrogen and oxygen atoms in total. The minimum Gasteiger partial charge on any atom is -0.482 e. The van der Waals surface area contributed by atoms with Crippen LogP contribution < -0.4 is 10.1 Å². The molecule has 0 saturated heterocycles. The summed E-state index contributed by atoms with van der Waals surface area (Å²) in [4.78, 5) is 23.8. The van der Waals surface area contributed by atoms with E-state index in [1.165, 1.54) is 6.08 Å². The molecule has 1 N–H and O–H groups in total. The second kappa shape index (κ2) is 10.3. The number of amides is 1. The molecule has 2 rings (SSSR count). The predicted octanol–water partition coefficient (Wildman–Crippen LogP) is 4.33. The van der Waals surface area contributed by atoms with Crippen LogP contribution in [0.2, 0.25) is 0 Å². The van der Waals surface area contributed by atoms with Gasteiger partial charge in [0.15, 0.2) is 6.61 Å². The zero-order valence-electron chi connectivity index (χ0n) is 15.4. The third kappa shape index (κ3) is 6.89. The number of carbonyl (C=O) groups is 2. The van der Waals surface area contributed by atoms with Gasteiger partial charge in [-0.1, -0.05) is 34.1 Å². The molecule has 0 saturated carbocycles. The summed E-state index contributed by atoms with van der Waals surface area (Å²) in [5.41, 5.74) is 1.20. The fourth-order valence-electron chi connectivity index (χ4n) is 2.18. The highest BCUT2D eigenvalue weighted by Crippen LogP contribution is 2.18. The fourth-order valence-corrected chi connectivity index (χ4v) is 2.58. The summed E-state index contributed by atoms with van der Waals surface area (Å²) in [6.07, 6.45) is 1.28. The van der Waals surface area contributed by atoms with Crippen LogP contribution in [-0.2, 0) is 14.3 Å². The molecule has 0 spiro atoms. The Morgan fingerprint density at radius 1 is 1.21 bits per heavy atom. The van der Waals surface area contributed by atoms with E-state index >= 15 is 0 Å². The van der Waals surface area contributed by atoms with E-state index in [0.29, 0.717) is 17.0 Å². The highest BCUT2D eigenvalue weighted by Gasteiger charge is 2.10. The number of rotatable bonds is 7. The average Bonchev–Trinajstić information content (AvgIpc) is 2.64. The Labute approximate surface area is 171 Å². The first-order valence-electron chi connectivity index (χ1n) is 8.48. The predicted molar refractivity (Wildman–Crippen MR) is 110 cm³/mol. The SMILES string of the molecule is CC(C)OC(=O)COc1ccc(/C=C(/C#N)C(=O)Nc2cccc(Br)c2)cc1. The third-order valence-corrected chi connectivity index (χ3v) is 3.86. The molecule has 0 aromatic heterocycles. The van der Waals surface area contributed by atoms with Crippen LogP contribution in [-0.4, -0.2) is 24.6 Å². The summed E-state index contributed by atoms with van der Waals surface area (Å²) in [6, 6.07) is 15.7. The normalized spacial score (nSPS) is 10.9. The van der Waals surface area contributed by atoms with Crippen LogP contribution in [0, 0.1) is 11.3 Å². The second-order valence-corrected chi connectivity index (χ2v) is 6.95. The molecule has 0 heterocycles. The maximum absolute atomic E-state index is 12.3. The fraction of sp³-hybridized carbons (Fsp3) is 0.190. The number of hydrogen-bond donors (Lipinski definition) is 1. The number of carbonyl (C=O) groups excluding carboxylic acids is 2. The molecule has 0 bridgehead atoms. The van der Waals surface area contributed by atoms with E-state index in [4.69, 9.17) is 9.47 Å². The van der Waals surface area contributed by atoms with Crippen molar-refractivity contribution in [2.24, 2.45) is 0 Å². The lowest BCUT2D eigenvalue weighted by Crippen LogP contribution is -2.18. The van der Waals surface area contributed by atoms with Gasteiger partial charge in [-0.05, 0) is 55.8 Å². The molecule has 2 aromatic carbocycles. The van der Waals surface area contributed by atoms with Crippen LogP contribution in [0.15, 0.2) is 58.6 Å². The van der Waals surface area contributed by atoms with Crippen molar-refractivity contribution in [2.75, 3.05) is 11.9 Å². The number of anilines is 1. The Bertz CT molecular complexity index is 915. The van der Waals surface area contributed by atoms with Gasteiger partial charge >= 0.3 is 5.97 Å². The van der Waals surface area contributed by atoms with Gasteiger partial charge in [0.25, 0.3) is 5.91 Å². The minimum absolute atomic E-state index is 0.0332. The Kier molecular flexibility index (Phi) is 7.78. The largest absolute Gasteiger partial charge is 0.482 e. The molecular formula is C21H19BrN2O4. The highest BCUT2D eigenvalue weighted by atomic mass is 79.9. The molecule has 0 atom stereocenters. The van der Waals surface area contributed by atoms with Gasteiger partial charge in [-0.15, -0.1) is 0 Å². The van der Waals surface area contributed by atoms with Crippen molar-refractivity contribution in [1.82, 2.24) is 0 Å². The topological polar surface area (TPSA) is 88.4 Å². The van der Waals surface area contributed by atoms with Crippen LogP contribution in [0.5, 0.6) is 5.75 Å². The van der Waals surface area contributed by atoms with Gasteiger partial charge in [-0.3, -0.25) is 4.79 Å². The van der Waals surface area contributed by atoms with Crippen LogP contribution in [0.25, 0.3) is 6.08 Å². The van der Waals surface area contributed by atoms with E-state index in [2.05, 4.69) is 21.2 Å². The average molecular weight is 443 g/mol. The summed E-state index contributed by atoms with van der Waals surface area (Å²) in [7, 11) is 0. The molecule has 144 valence electrons. The van der Waals surface area contributed by atoms with Crippen molar-refractivity contribution in [1.29, 1.82) is 5.26 Å². The number of halogens is 1. The zero-order valence-corrected chi connectivity index (χ0v) is 17.0. The summed E-state index contributed by atoms with van der Waals surface area (Å²) < 4.78 is 11.2. The van der Waals surface area contributed by atoms with Crippen molar-refractivity contribution in [3.8, 4) is 11.8 Å². The van der Waals surface area contributed by atoms with E-state index in [0.717, 1.165) is 4.47 Å². The number of esters is 1. The van der Waals surface area contributed by atoms with Gasteiger partial charge in [0.1, 0.15) is 17.4 Å². The first-order valence-corrected chi connectivity index (χ1v) is 9.27. The van der Waals surface area contributed by atoms with Gasteiger partial charge in [-0.25, -0.2) is 4.79 Å². The number of nitrogens with one attached hydrogen (secondary N) is 1. The lowest BCUT2D eigenvalue weighted by Gasteiger charge is -2.09. The van der Waals surface area contributed by atoms with Crippen molar-refractivity contribution >= 4 is 39.6 Å². The van der Waals surface area contributed by atoms with E-state index < -0.39 is 11.9 Å². The summed E-state index contributed by atoms with van der Waals surface area (Å²) in [5, 5.41) is 12.0. The highest BCUT2D eigenvalue weighted by molar-refractivity contribution is 9.10. The monoisotopic (exact) mass is 442 g/mol. The minimum atomic E-state index is -0.502. The third-order valence-electron chi connectivity index (χ3n) is 3.36. The maximum atomic E-state index is 12.3. The number of hydrogen-bond acceptors (Lipinski definition) is 5. The van der Waals surface area contributed by atoms with Crippen LogP contribution in [0.3, 0.4) is 0 Å². The molecule has 28 heavy (non-hydrogen) atoms. The van der Waals surface area contributed by atoms with Crippen LogP contribution in [0.1, 0.15) is 19.4 Å². The smallest absolute Gasteiger partial charge is 0.344 e. The first-order chi connectivity index (χ1) is 13.4. The van der Waals surface area contributed by atoms with Gasteiger partial charge in [0.05, 0.1) is 6.10 Å². The quantitative estimate of drug-likeness (QED) is 0.391. The Hall–Kier alpha value is -3.11. The van der Waals surface area contributed by atoms with Crippen molar-refractivity contribution in [3.63, 3.8) is 0 Å². The summed E-state index contributed by atoms with van der Waals surface area (Å²) >= 11 is 3.33. The standard InChI is InChI=1S/C21H19BrN2O4/c1-14(2)28-20(25)13-27-19-8-6-15(7-9-19)10-16(12-23)21(26)24-18-5-3-4-17(22)11-18/h3-11,14H,13H2,1-2H3,(H,24,26)/b16-10-. The molecule has 7 heteroatoms. The number of nitrogens with zero attached hydrogens (tertiary/aromatic N) is 1. The summed E-state index contributed by atoms with van der Waals surface area (Å²) in [5.74, 6) is -0.470. The first kappa shape index (κ1) is 21.2. The molecule has 0 aliphatic carbocycles. The Morgan fingerprint density at radius 3 is 2.54 bits per heavy atom. The van der Waals surface area contributed by atoms with Gasteiger partial charge in [0.2, 0.25) is 0 Å². The summed E-state index contributed by atoms with van der Waals surface area (Å²) in [6.45, 7) is 3.34. The molecule has 1 amide bonds. The Morgan fingerprint density at radius 2 is 1.93 bits per heavy atom. The zero-order chi connectivity index (χ0) is 20.5. The van der Waals surface area contributed by atoms with E-state index in [1.807, 2.05) is 12.1 Å². The molecule has 2 aromatic rings. The van der Waals surface area contributed by atoms with Gasteiger partial charge in [-0.2, -0.15) is 5.26 Å². The van der Waals surface area contributed by atoms with Crippen molar-refractivity contribution in [2.45, 2.75) is 20.0 Å². The van der Waals surface area contributed by atoms with E-state index in [-0.39, 0.29) is 18.3 Å². The molecular weight excluding hydrogens is 424 g/mol. The number of nitriles is 1. The van der Waals surface area contributed by atoms with Crippen molar-refractivity contribution in [3.05, 3.63) is 64.1 Å². The maximum Gasteiger partial charge on any atom is 0.344 e. The van der Waals surface area contributed by atoms with Crippen LogP contribution >= 0.6 is 15.9 Å². The van der Waals surface area contributed by atoms with Crippen LogP contribution in [0.4, 0.5) is 5.69 Å². The Balaban J connectivity index is 2.01. The molecule has 0 fully saturated rings. The lowest BCUT2D eigenvalue weighted by atomic mass is 10.1.